The van der Waals surface area contributed by atoms with E-state index in [-0.39, 0.29) is 16.7 Å². The first-order chi connectivity index (χ1) is 11.9. The monoisotopic (exact) mass is 344 g/mol. The van der Waals surface area contributed by atoms with Gasteiger partial charge in [-0.2, -0.15) is 0 Å². The highest BCUT2D eigenvalue weighted by molar-refractivity contribution is 6.22. The lowest BCUT2D eigenvalue weighted by Crippen LogP contribution is -2.41. The van der Waals surface area contributed by atoms with Crippen molar-refractivity contribution in [3.63, 3.8) is 0 Å². The van der Waals surface area contributed by atoms with E-state index < -0.39 is 41.9 Å². The van der Waals surface area contributed by atoms with E-state index in [2.05, 4.69) is 5.32 Å². The van der Waals surface area contributed by atoms with Gasteiger partial charge in [0, 0.05) is 6.07 Å². The molecule has 0 aromatic heterocycles. The first kappa shape index (κ1) is 16.8. The Labute approximate surface area is 142 Å². The summed E-state index contributed by atoms with van der Waals surface area (Å²) >= 11 is 0. The second-order valence-corrected chi connectivity index (χ2v) is 5.73. The minimum atomic E-state index is -0.753. The molecule has 1 aliphatic heterocycles. The number of nitrogens with one attached hydrogen (secondary N) is 1. The van der Waals surface area contributed by atoms with Crippen LogP contribution >= 0.6 is 0 Å². The summed E-state index contributed by atoms with van der Waals surface area (Å²) in [4.78, 5) is 37.4. The third-order valence-electron chi connectivity index (χ3n) is 3.94. The Kier molecular flexibility index (Phi) is 4.31. The molecular weight excluding hydrogens is 330 g/mol. The normalized spacial score (nSPS) is 14.4. The number of imide groups is 1. The molecule has 2 aromatic rings. The van der Waals surface area contributed by atoms with Crippen molar-refractivity contribution < 1.29 is 23.2 Å². The topological polar surface area (TPSA) is 66.5 Å². The zero-order valence-corrected chi connectivity index (χ0v) is 13.3. The van der Waals surface area contributed by atoms with Crippen LogP contribution in [0.2, 0.25) is 0 Å². The second kappa shape index (κ2) is 6.43. The first-order valence-corrected chi connectivity index (χ1v) is 7.57. The molecule has 2 aromatic carbocycles. The molecule has 0 unspecified atom stereocenters. The Morgan fingerprint density at radius 2 is 1.56 bits per heavy atom. The summed E-state index contributed by atoms with van der Waals surface area (Å²) in [5, 5.41) is 2.53. The van der Waals surface area contributed by atoms with Crippen LogP contribution in [0.5, 0.6) is 0 Å². The summed E-state index contributed by atoms with van der Waals surface area (Å²) in [5.41, 5.74) is 0.745. The molecule has 0 aliphatic carbocycles. The maximum absolute atomic E-state index is 13.3. The number of amides is 3. The summed E-state index contributed by atoms with van der Waals surface area (Å²) in [5.74, 6) is -3.19. The van der Waals surface area contributed by atoms with Gasteiger partial charge in [-0.05, 0) is 36.8 Å². The van der Waals surface area contributed by atoms with Crippen LogP contribution in [0.15, 0.2) is 42.5 Å². The van der Waals surface area contributed by atoms with Crippen molar-refractivity contribution in [2.24, 2.45) is 0 Å². The number of halogens is 2. The van der Waals surface area contributed by atoms with E-state index in [9.17, 15) is 23.2 Å². The van der Waals surface area contributed by atoms with Crippen LogP contribution in [0.4, 0.5) is 8.78 Å². The van der Waals surface area contributed by atoms with E-state index in [0.717, 1.165) is 23.1 Å². The number of rotatable bonds is 4. The Morgan fingerprint density at radius 3 is 2.08 bits per heavy atom. The fraction of sp³-hybridized carbons (Fsp3) is 0.167. The lowest BCUT2D eigenvalue weighted by atomic mass is 10.1. The molecule has 7 heteroatoms. The lowest BCUT2D eigenvalue weighted by Gasteiger charge is -2.18. The molecule has 0 fully saturated rings. The molecule has 25 heavy (non-hydrogen) atoms. The molecular formula is C18H14F2N2O3. The third-order valence-corrected chi connectivity index (χ3v) is 3.94. The van der Waals surface area contributed by atoms with Crippen molar-refractivity contribution in [3.05, 3.63) is 70.8 Å². The Balaban J connectivity index is 1.69. The summed E-state index contributed by atoms with van der Waals surface area (Å²) in [7, 11) is 0. The van der Waals surface area contributed by atoms with Crippen LogP contribution in [0.1, 0.15) is 39.2 Å². The fourth-order valence-electron chi connectivity index (χ4n) is 2.72. The highest BCUT2D eigenvalue weighted by Crippen LogP contribution is 2.22. The maximum atomic E-state index is 13.3. The van der Waals surface area contributed by atoms with E-state index in [1.165, 1.54) is 12.1 Å². The highest BCUT2D eigenvalue weighted by Gasteiger charge is 2.36. The molecule has 0 bridgehead atoms. The van der Waals surface area contributed by atoms with Crippen molar-refractivity contribution in [1.82, 2.24) is 10.2 Å². The number of hydrogen-bond donors (Lipinski definition) is 1. The fourth-order valence-corrected chi connectivity index (χ4v) is 2.72. The predicted octanol–water partition coefficient (Wildman–Crippen LogP) is 2.44. The minimum absolute atomic E-state index is 0.244. The average molecular weight is 344 g/mol. The zero-order valence-electron chi connectivity index (χ0n) is 13.3. The molecule has 128 valence electrons. The number of hydrogen-bond acceptors (Lipinski definition) is 3. The van der Waals surface area contributed by atoms with Crippen molar-refractivity contribution in [2.75, 3.05) is 6.54 Å². The standard InChI is InChI=1S/C18H14F2N2O3/c1-10(11-6-12(19)8-13(20)7-11)21-16(23)9-22-17(24)14-4-2-3-5-15(14)18(22)25/h2-8,10H,9H2,1H3,(H,21,23)/t10-/m0/s1. The molecule has 0 radical (unpaired) electrons. The van der Waals surface area contributed by atoms with Gasteiger partial charge in [0.1, 0.15) is 18.2 Å². The molecule has 3 amide bonds. The number of fused-ring (bicyclic) bond motifs is 1. The molecule has 1 N–H and O–H groups in total. The molecule has 3 rings (SSSR count). The van der Waals surface area contributed by atoms with Crippen LogP contribution in [0, 0.1) is 11.6 Å². The molecule has 5 nitrogen and oxygen atoms in total. The Hall–Kier alpha value is -3.09. The summed E-state index contributed by atoms with van der Waals surface area (Å²) in [6, 6.07) is 8.57. The molecule has 1 atom stereocenters. The van der Waals surface area contributed by atoms with Gasteiger partial charge in [0.15, 0.2) is 0 Å². The van der Waals surface area contributed by atoms with Gasteiger partial charge in [-0.1, -0.05) is 12.1 Å². The zero-order chi connectivity index (χ0) is 18.1. The summed E-state index contributed by atoms with van der Waals surface area (Å²) in [6.45, 7) is 1.09. The number of carbonyl (C=O) groups is 3. The molecule has 0 saturated heterocycles. The summed E-state index contributed by atoms with van der Waals surface area (Å²) < 4.78 is 26.5. The van der Waals surface area contributed by atoms with E-state index in [1.54, 1.807) is 19.1 Å². The smallest absolute Gasteiger partial charge is 0.262 e. The molecule has 0 spiro atoms. The highest BCUT2D eigenvalue weighted by atomic mass is 19.1. The number of benzene rings is 2. The van der Waals surface area contributed by atoms with Gasteiger partial charge in [-0.15, -0.1) is 0 Å². The van der Waals surface area contributed by atoms with Crippen LogP contribution in [-0.4, -0.2) is 29.2 Å². The average Bonchev–Trinajstić information content (AvgIpc) is 2.79. The van der Waals surface area contributed by atoms with Crippen LogP contribution < -0.4 is 5.32 Å². The van der Waals surface area contributed by atoms with Crippen LogP contribution in [0.25, 0.3) is 0 Å². The molecule has 1 heterocycles. The third kappa shape index (κ3) is 3.26. The van der Waals surface area contributed by atoms with Crippen molar-refractivity contribution >= 4 is 17.7 Å². The van der Waals surface area contributed by atoms with E-state index in [1.807, 2.05) is 0 Å². The lowest BCUT2D eigenvalue weighted by molar-refractivity contribution is -0.122. The van der Waals surface area contributed by atoms with Gasteiger partial charge >= 0.3 is 0 Å². The Morgan fingerprint density at radius 1 is 1.04 bits per heavy atom. The second-order valence-electron chi connectivity index (χ2n) is 5.73. The van der Waals surface area contributed by atoms with Crippen LogP contribution in [0.3, 0.4) is 0 Å². The van der Waals surface area contributed by atoms with Gasteiger partial charge in [-0.25, -0.2) is 8.78 Å². The minimum Gasteiger partial charge on any atom is -0.348 e. The predicted molar refractivity (Wildman–Crippen MR) is 84.7 cm³/mol. The van der Waals surface area contributed by atoms with Crippen LogP contribution in [-0.2, 0) is 4.79 Å². The van der Waals surface area contributed by atoms with Crippen molar-refractivity contribution in [3.8, 4) is 0 Å². The van der Waals surface area contributed by atoms with Gasteiger partial charge < -0.3 is 5.32 Å². The van der Waals surface area contributed by atoms with Gasteiger partial charge in [0.05, 0.1) is 17.2 Å². The van der Waals surface area contributed by atoms with Crippen molar-refractivity contribution in [1.29, 1.82) is 0 Å². The Bertz CT molecular complexity index is 827. The molecule has 1 aliphatic rings. The van der Waals surface area contributed by atoms with Gasteiger partial charge in [-0.3, -0.25) is 19.3 Å². The molecule has 0 saturated carbocycles. The van der Waals surface area contributed by atoms with E-state index in [4.69, 9.17) is 0 Å². The van der Waals surface area contributed by atoms with E-state index >= 15 is 0 Å². The SMILES string of the molecule is C[C@H](NC(=O)CN1C(=O)c2ccccc2C1=O)c1cc(F)cc(F)c1. The number of carbonyl (C=O) groups excluding carboxylic acids is 3. The number of nitrogens with zero attached hydrogens (tertiary/aromatic N) is 1. The first-order valence-electron chi connectivity index (χ1n) is 7.57. The van der Waals surface area contributed by atoms with Gasteiger partial charge in [0.2, 0.25) is 5.91 Å². The van der Waals surface area contributed by atoms with Gasteiger partial charge in [0.25, 0.3) is 11.8 Å². The quantitative estimate of drug-likeness (QED) is 0.867. The maximum Gasteiger partial charge on any atom is 0.262 e. The van der Waals surface area contributed by atoms with E-state index in [0.29, 0.717) is 0 Å². The largest absolute Gasteiger partial charge is 0.348 e. The van der Waals surface area contributed by atoms with Crippen molar-refractivity contribution in [2.45, 2.75) is 13.0 Å². The summed E-state index contributed by atoms with van der Waals surface area (Å²) in [6.07, 6.45) is 0.